The van der Waals surface area contributed by atoms with Gasteiger partial charge in [-0.1, -0.05) is 31.2 Å². The maximum atomic E-state index is 10.9. The number of ether oxygens (including phenoxy) is 1. The lowest BCUT2D eigenvalue weighted by molar-refractivity contribution is -0.141. The Balaban J connectivity index is 2.49. The van der Waals surface area contributed by atoms with Crippen LogP contribution in [0.4, 0.5) is 0 Å². The highest BCUT2D eigenvalue weighted by atomic mass is 16.5. The van der Waals surface area contributed by atoms with E-state index in [9.17, 15) is 9.90 Å². The first-order chi connectivity index (χ1) is 9.04. The van der Waals surface area contributed by atoms with E-state index in [1.165, 1.54) is 0 Å². The van der Waals surface area contributed by atoms with Crippen molar-refractivity contribution in [2.75, 3.05) is 7.11 Å². The van der Waals surface area contributed by atoms with Crippen molar-refractivity contribution in [1.29, 1.82) is 0 Å². The second kappa shape index (κ2) is 5.18. The number of hydrogen-bond acceptors (Lipinski definition) is 3. The highest BCUT2D eigenvalue weighted by Gasteiger charge is 2.16. The Bertz CT molecular complexity index is 619. The quantitative estimate of drug-likeness (QED) is 0.887. The fourth-order valence-electron chi connectivity index (χ4n) is 2.12. The molecule has 0 amide bonds. The molecule has 100 valence electrons. The summed E-state index contributed by atoms with van der Waals surface area (Å²) in [6.07, 6.45) is 0.300. The molecule has 2 aromatic rings. The van der Waals surface area contributed by atoms with Crippen LogP contribution in [0.1, 0.15) is 12.5 Å². The molecule has 0 heterocycles. The number of rotatable bonds is 4. The molecule has 1 unspecified atom stereocenters. The Hall–Kier alpha value is -2.23. The maximum absolute atomic E-state index is 10.9. The monoisotopic (exact) mass is 260 g/mol. The van der Waals surface area contributed by atoms with Gasteiger partial charge in [-0.25, -0.2) is 0 Å². The summed E-state index contributed by atoms with van der Waals surface area (Å²) in [7, 11) is 1.58. The van der Waals surface area contributed by atoms with E-state index < -0.39 is 11.9 Å². The average Bonchev–Trinajstić information content (AvgIpc) is 2.41. The molecule has 4 heteroatoms. The van der Waals surface area contributed by atoms with Crippen LogP contribution in [-0.4, -0.2) is 23.3 Å². The van der Waals surface area contributed by atoms with E-state index in [4.69, 9.17) is 9.84 Å². The van der Waals surface area contributed by atoms with E-state index in [1.807, 2.05) is 12.1 Å². The van der Waals surface area contributed by atoms with E-state index in [0.29, 0.717) is 23.1 Å². The molecule has 0 radical (unpaired) electrons. The van der Waals surface area contributed by atoms with Crippen molar-refractivity contribution in [2.45, 2.75) is 13.3 Å². The molecule has 19 heavy (non-hydrogen) atoms. The summed E-state index contributed by atoms with van der Waals surface area (Å²) in [5.41, 5.74) is 0.635. The van der Waals surface area contributed by atoms with Gasteiger partial charge in [0.2, 0.25) is 0 Å². The Morgan fingerprint density at radius 2 is 2.00 bits per heavy atom. The third-order valence-electron chi connectivity index (χ3n) is 3.24. The van der Waals surface area contributed by atoms with E-state index in [0.717, 1.165) is 5.39 Å². The number of aliphatic carboxylic acids is 1. The largest absolute Gasteiger partial charge is 0.507 e. The van der Waals surface area contributed by atoms with Gasteiger partial charge in [0.15, 0.2) is 0 Å². The number of phenols is 1. The van der Waals surface area contributed by atoms with E-state index in [1.54, 1.807) is 32.2 Å². The number of carboxylic acid groups (broad SMARTS) is 1. The molecule has 0 aliphatic carbocycles. The number of aromatic hydroxyl groups is 1. The third kappa shape index (κ3) is 2.47. The topological polar surface area (TPSA) is 66.8 Å². The van der Waals surface area contributed by atoms with Gasteiger partial charge in [0.25, 0.3) is 0 Å². The zero-order valence-corrected chi connectivity index (χ0v) is 10.9. The molecule has 0 bridgehead atoms. The van der Waals surface area contributed by atoms with Gasteiger partial charge in [-0.15, -0.1) is 0 Å². The summed E-state index contributed by atoms with van der Waals surface area (Å²) in [5.74, 6) is -0.589. The summed E-state index contributed by atoms with van der Waals surface area (Å²) >= 11 is 0. The molecule has 2 rings (SSSR count). The van der Waals surface area contributed by atoms with E-state index in [2.05, 4.69) is 0 Å². The molecule has 2 aromatic carbocycles. The van der Waals surface area contributed by atoms with Gasteiger partial charge in [0.05, 0.1) is 13.0 Å². The lowest BCUT2D eigenvalue weighted by Crippen LogP contribution is -2.12. The number of methoxy groups -OCH3 is 1. The van der Waals surface area contributed by atoms with Gasteiger partial charge >= 0.3 is 5.97 Å². The fraction of sp³-hybridized carbons (Fsp3) is 0.267. The van der Waals surface area contributed by atoms with Crippen LogP contribution in [0.5, 0.6) is 11.5 Å². The predicted octanol–water partition coefficient (Wildman–Crippen LogP) is 2.82. The molecular weight excluding hydrogens is 244 g/mol. The number of hydrogen-bond donors (Lipinski definition) is 2. The fourth-order valence-corrected chi connectivity index (χ4v) is 2.12. The number of fused-ring (bicyclic) bond motifs is 1. The van der Waals surface area contributed by atoms with Crippen LogP contribution in [0.25, 0.3) is 10.8 Å². The molecule has 0 aliphatic heterocycles. The van der Waals surface area contributed by atoms with Crippen molar-refractivity contribution in [3.8, 4) is 11.5 Å². The normalized spacial score (nSPS) is 12.3. The van der Waals surface area contributed by atoms with Gasteiger partial charge in [0.1, 0.15) is 11.5 Å². The Morgan fingerprint density at radius 3 is 2.63 bits per heavy atom. The smallest absolute Gasteiger partial charge is 0.306 e. The molecule has 0 saturated carbocycles. The van der Waals surface area contributed by atoms with Crippen molar-refractivity contribution in [1.82, 2.24) is 0 Å². The molecule has 0 aromatic heterocycles. The number of phenolic OH excluding ortho intramolecular Hbond substituents is 1. The number of benzene rings is 2. The van der Waals surface area contributed by atoms with Gasteiger partial charge < -0.3 is 14.9 Å². The first-order valence-electron chi connectivity index (χ1n) is 6.05. The van der Waals surface area contributed by atoms with Crippen molar-refractivity contribution >= 4 is 16.7 Å². The van der Waals surface area contributed by atoms with Gasteiger partial charge in [-0.2, -0.15) is 0 Å². The molecule has 0 fully saturated rings. The van der Waals surface area contributed by atoms with Gasteiger partial charge in [0, 0.05) is 10.8 Å². The van der Waals surface area contributed by atoms with Crippen LogP contribution < -0.4 is 4.74 Å². The van der Waals surface area contributed by atoms with Crippen LogP contribution in [0.3, 0.4) is 0 Å². The zero-order valence-electron chi connectivity index (χ0n) is 10.9. The number of carboxylic acids is 1. The summed E-state index contributed by atoms with van der Waals surface area (Å²) < 4.78 is 5.24. The number of carbonyl (C=O) groups is 1. The summed E-state index contributed by atoms with van der Waals surface area (Å²) in [6, 6.07) is 9.01. The Kier molecular flexibility index (Phi) is 3.60. The predicted molar refractivity (Wildman–Crippen MR) is 72.7 cm³/mol. The van der Waals surface area contributed by atoms with E-state index >= 15 is 0 Å². The molecule has 0 saturated heterocycles. The first kappa shape index (κ1) is 13.2. The van der Waals surface area contributed by atoms with Crippen molar-refractivity contribution in [3.63, 3.8) is 0 Å². The minimum absolute atomic E-state index is 0.129. The summed E-state index contributed by atoms with van der Waals surface area (Å²) in [4.78, 5) is 10.9. The highest BCUT2D eigenvalue weighted by Crippen LogP contribution is 2.34. The van der Waals surface area contributed by atoms with E-state index in [-0.39, 0.29) is 5.75 Å². The molecule has 4 nitrogen and oxygen atoms in total. The highest BCUT2D eigenvalue weighted by molar-refractivity contribution is 5.94. The van der Waals surface area contributed by atoms with Crippen LogP contribution in [-0.2, 0) is 11.2 Å². The second-order valence-corrected chi connectivity index (χ2v) is 4.57. The molecule has 2 N–H and O–H groups in total. The van der Waals surface area contributed by atoms with Crippen molar-refractivity contribution < 1.29 is 19.7 Å². The summed E-state index contributed by atoms with van der Waals surface area (Å²) in [5, 5.41) is 20.7. The minimum atomic E-state index is -0.870. The van der Waals surface area contributed by atoms with Crippen molar-refractivity contribution in [2.24, 2.45) is 5.92 Å². The molecule has 0 aliphatic rings. The van der Waals surface area contributed by atoms with Crippen LogP contribution in [0, 0.1) is 5.92 Å². The molecular formula is C15H16O4. The standard InChI is InChI=1S/C15H16O4/c1-9(15(17)18)8-10-6-7-11-12(14(10)16)4-3-5-13(11)19-2/h3-7,9,16H,8H2,1-2H3,(H,17,18). The molecule has 0 spiro atoms. The SMILES string of the molecule is COc1cccc2c(O)c(CC(C)C(=O)O)ccc12. The maximum Gasteiger partial charge on any atom is 0.306 e. The van der Waals surface area contributed by atoms with Crippen molar-refractivity contribution in [3.05, 3.63) is 35.9 Å². The first-order valence-corrected chi connectivity index (χ1v) is 6.05. The second-order valence-electron chi connectivity index (χ2n) is 4.57. The summed E-state index contributed by atoms with van der Waals surface area (Å²) in [6.45, 7) is 1.62. The Labute approximate surface area is 111 Å². The third-order valence-corrected chi connectivity index (χ3v) is 3.24. The lowest BCUT2D eigenvalue weighted by Gasteiger charge is -2.12. The molecule has 1 atom stereocenters. The van der Waals surface area contributed by atoms with Gasteiger partial charge in [-0.3, -0.25) is 4.79 Å². The minimum Gasteiger partial charge on any atom is -0.507 e. The zero-order chi connectivity index (χ0) is 14.0. The Morgan fingerprint density at radius 1 is 1.26 bits per heavy atom. The average molecular weight is 260 g/mol. The van der Waals surface area contributed by atoms with Crippen LogP contribution >= 0.6 is 0 Å². The van der Waals surface area contributed by atoms with Crippen LogP contribution in [0.2, 0.25) is 0 Å². The lowest BCUT2D eigenvalue weighted by atomic mass is 9.97. The van der Waals surface area contributed by atoms with Crippen LogP contribution in [0.15, 0.2) is 30.3 Å². The van der Waals surface area contributed by atoms with Gasteiger partial charge in [-0.05, 0) is 18.1 Å².